The molecule has 0 spiro atoms. The fraction of sp³-hybridized carbons (Fsp3) is 0.125. The Kier molecular flexibility index (Phi) is 6.61. The van der Waals surface area contributed by atoms with Gasteiger partial charge in [0.15, 0.2) is 5.16 Å². The number of nitrogens with one attached hydrogen (secondary N) is 1. The van der Waals surface area contributed by atoms with Crippen LogP contribution in [0.3, 0.4) is 0 Å². The minimum absolute atomic E-state index is 0.459. The average Bonchev–Trinajstić information content (AvgIpc) is 3.19. The molecule has 4 aromatic rings. The van der Waals surface area contributed by atoms with Crippen molar-refractivity contribution in [2.45, 2.75) is 23.8 Å². The topological polar surface area (TPSA) is 59.8 Å². The molecule has 3 aromatic carbocycles. The number of benzene rings is 3. The zero-order valence-electron chi connectivity index (χ0n) is 17.2. The van der Waals surface area contributed by atoms with Crippen LogP contribution in [0.2, 0.25) is 0 Å². The molecule has 1 aromatic heterocycles. The minimum atomic E-state index is -0.826. The second kappa shape index (κ2) is 9.74. The number of anilines is 1. The highest BCUT2D eigenvalue weighted by Gasteiger charge is 2.23. The zero-order chi connectivity index (χ0) is 22.5. The minimum Gasteiger partial charge on any atom is -0.320 e. The van der Waals surface area contributed by atoms with Gasteiger partial charge in [-0.2, -0.15) is 0 Å². The largest absolute Gasteiger partial charge is 0.320 e. The molecule has 162 valence electrons. The predicted octanol–water partition coefficient (Wildman–Crippen LogP) is 5.26. The van der Waals surface area contributed by atoms with E-state index in [4.69, 9.17) is 0 Å². The number of carbonyl (C=O) groups excluding carboxylic acids is 1. The number of amides is 1. The van der Waals surface area contributed by atoms with E-state index in [0.717, 1.165) is 29.2 Å². The summed E-state index contributed by atoms with van der Waals surface area (Å²) in [5.41, 5.74) is 1.48. The Morgan fingerprint density at radius 2 is 1.56 bits per heavy atom. The van der Waals surface area contributed by atoms with Crippen LogP contribution in [-0.4, -0.2) is 25.9 Å². The summed E-state index contributed by atoms with van der Waals surface area (Å²) in [5, 5.41) is 10.8. The number of para-hydroxylation sites is 2. The highest BCUT2D eigenvalue weighted by Crippen LogP contribution is 2.28. The summed E-state index contributed by atoms with van der Waals surface area (Å²) >= 11 is 1.17. The highest BCUT2D eigenvalue weighted by molar-refractivity contribution is 8.00. The second-order valence-corrected chi connectivity index (χ2v) is 8.39. The summed E-state index contributed by atoms with van der Waals surface area (Å²) in [6.07, 6.45) is 0.560. The number of thioether (sulfide) groups is 1. The summed E-state index contributed by atoms with van der Waals surface area (Å²) in [7, 11) is 0. The van der Waals surface area contributed by atoms with Gasteiger partial charge in [0, 0.05) is 12.1 Å². The lowest BCUT2D eigenvalue weighted by Crippen LogP contribution is -2.24. The lowest BCUT2D eigenvalue weighted by molar-refractivity contribution is -0.115. The van der Waals surface area contributed by atoms with E-state index in [1.165, 1.54) is 17.8 Å². The second-order valence-electron chi connectivity index (χ2n) is 7.08. The molecule has 1 atom stereocenters. The molecule has 1 heterocycles. The number of carbonyl (C=O) groups is 1. The van der Waals surface area contributed by atoms with Crippen molar-refractivity contribution < 1.29 is 13.6 Å². The SMILES string of the molecule is CC(Sc1nnc(Cc2ccccc2)n1-c1ccccc1)C(=O)Nc1c(F)cccc1F. The number of hydrogen-bond donors (Lipinski definition) is 1. The summed E-state index contributed by atoms with van der Waals surface area (Å²) in [6, 6.07) is 22.9. The Labute approximate surface area is 188 Å². The first-order valence-electron chi connectivity index (χ1n) is 9.98. The number of hydrogen-bond acceptors (Lipinski definition) is 4. The molecular weight excluding hydrogens is 430 g/mol. The van der Waals surface area contributed by atoms with Crippen LogP contribution in [0.5, 0.6) is 0 Å². The number of halogens is 2. The fourth-order valence-electron chi connectivity index (χ4n) is 3.16. The summed E-state index contributed by atoms with van der Waals surface area (Å²) < 4.78 is 29.7. The van der Waals surface area contributed by atoms with Crippen LogP contribution in [0.4, 0.5) is 14.5 Å². The molecule has 0 saturated carbocycles. The van der Waals surface area contributed by atoms with Crippen LogP contribution in [0.25, 0.3) is 5.69 Å². The molecule has 0 aliphatic heterocycles. The predicted molar refractivity (Wildman–Crippen MR) is 121 cm³/mol. The quantitative estimate of drug-likeness (QED) is 0.391. The normalized spacial score (nSPS) is 11.8. The molecular formula is C24H20F2N4OS. The van der Waals surface area contributed by atoms with E-state index < -0.39 is 28.5 Å². The van der Waals surface area contributed by atoms with Gasteiger partial charge in [-0.25, -0.2) is 8.78 Å². The van der Waals surface area contributed by atoms with Gasteiger partial charge in [-0.15, -0.1) is 10.2 Å². The van der Waals surface area contributed by atoms with E-state index in [0.29, 0.717) is 11.6 Å². The van der Waals surface area contributed by atoms with Gasteiger partial charge in [-0.1, -0.05) is 66.4 Å². The molecule has 0 saturated heterocycles. The lowest BCUT2D eigenvalue weighted by Gasteiger charge is -2.14. The van der Waals surface area contributed by atoms with Crippen LogP contribution in [0.1, 0.15) is 18.3 Å². The Balaban J connectivity index is 1.59. The molecule has 1 N–H and O–H groups in total. The van der Waals surface area contributed by atoms with Gasteiger partial charge in [0.25, 0.3) is 0 Å². The van der Waals surface area contributed by atoms with Crippen LogP contribution in [0, 0.1) is 11.6 Å². The first-order chi connectivity index (χ1) is 15.5. The van der Waals surface area contributed by atoms with Gasteiger partial charge in [0.1, 0.15) is 23.1 Å². The van der Waals surface area contributed by atoms with Crippen molar-refractivity contribution in [2.24, 2.45) is 0 Å². The third-order valence-corrected chi connectivity index (χ3v) is 5.82. The standard InChI is InChI=1S/C24H20F2N4OS/c1-16(23(31)27-22-19(25)13-8-14-20(22)26)32-24-29-28-21(15-17-9-4-2-5-10-17)30(24)18-11-6-3-7-12-18/h2-14,16H,15H2,1H3,(H,27,31). The van der Waals surface area contributed by atoms with Crippen molar-refractivity contribution in [3.8, 4) is 5.69 Å². The molecule has 1 amide bonds. The number of nitrogens with zero attached hydrogens (tertiary/aromatic N) is 3. The molecule has 5 nitrogen and oxygen atoms in total. The van der Waals surface area contributed by atoms with Crippen molar-refractivity contribution in [1.29, 1.82) is 0 Å². The Morgan fingerprint density at radius 3 is 2.22 bits per heavy atom. The zero-order valence-corrected chi connectivity index (χ0v) is 18.0. The Bertz CT molecular complexity index is 1200. The van der Waals surface area contributed by atoms with Gasteiger partial charge in [-0.05, 0) is 36.8 Å². The van der Waals surface area contributed by atoms with E-state index in [2.05, 4.69) is 15.5 Å². The van der Waals surface area contributed by atoms with Crippen molar-refractivity contribution in [3.05, 3.63) is 102 Å². The summed E-state index contributed by atoms with van der Waals surface area (Å²) in [6.45, 7) is 1.65. The van der Waals surface area contributed by atoms with Crippen molar-refractivity contribution in [2.75, 3.05) is 5.32 Å². The van der Waals surface area contributed by atoms with Gasteiger partial charge in [-0.3, -0.25) is 9.36 Å². The maximum atomic E-state index is 13.9. The Morgan fingerprint density at radius 1 is 0.938 bits per heavy atom. The number of aromatic nitrogens is 3. The summed E-state index contributed by atoms with van der Waals surface area (Å²) in [5.74, 6) is -1.47. The average molecular weight is 451 g/mol. The highest BCUT2D eigenvalue weighted by atomic mass is 32.2. The first-order valence-corrected chi connectivity index (χ1v) is 10.9. The van der Waals surface area contributed by atoms with Gasteiger partial charge in [0.2, 0.25) is 5.91 Å². The monoisotopic (exact) mass is 450 g/mol. The molecule has 0 bridgehead atoms. The first kappa shape index (κ1) is 21.7. The van der Waals surface area contributed by atoms with Crippen LogP contribution in [-0.2, 0) is 11.2 Å². The number of rotatable bonds is 7. The summed E-state index contributed by atoms with van der Waals surface area (Å²) in [4.78, 5) is 12.6. The van der Waals surface area contributed by atoms with Crippen molar-refractivity contribution >= 4 is 23.4 Å². The van der Waals surface area contributed by atoms with Crippen molar-refractivity contribution in [1.82, 2.24) is 14.8 Å². The molecule has 0 fully saturated rings. The maximum absolute atomic E-state index is 13.9. The Hall–Kier alpha value is -3.52. The van der Waals surface area contributed by atoms with Crippen molar-refractivity contribution in [3.63, 3.8) is 0 Å². The van der Waals surface area contributed by atoms with Crippen LogP contribution in [0.15, 0.2) is 84.0 Å². The van der Waals surface area contributed by atoms with Gasteiger partial charge >= 0.3 is 0 Å². The third-order valence-electron chi connectivity index (χ3n) is 4.78. The molecule has 1 unspecified atom stereocenters. The maximum Gasteiger partial charge on any atom is 0.237 e. The smallest absolute Gasteiger partial charge is 0.237 e. The molecule has 0 aliphatic rings. The van der Waals surface area contributed by atoms with Gasteiger partial charge in [0.05, 0.1) is 5.25 Å². The lowest BCUT2D eigenvalue weighted by atomic mass is 10.1. The van der Waals surface area contributed by atoms with Gasteiger partial charge < -0.3 is 5.32 Å². The third kappa shape index (κ3) is 4.86. The van der Waals surface area contributed by atoms with Crippen LogP contribution >= 0.6 is 11.8 Å². The van der Waals surface area contributed by atoms with E-state index >= 15 is 0 Å². The molecule has 0 aliphatic carbocycles. The van der Waals surface area contributed by atoms with E-state index in [9.17, 15) is 13.6 Å². The molecule has 8 heteroatoms. The van der Waals surface area contributed by atoms with E-state index in [1.807, 2.05) is 65.2 Å². The van der Waals surface area contributed by atoms with Crippen LogP contribution < -0.4 is 5.32 Å². The molecule has 0 radical (unpaired) electrons. The van der Waals surface area contributed by atoms with E-state index in [1.54, 1.807) is 6.92 Å². The molecule has 4 rings (SSSR count). The van der Waals surface area contributed by atoms with E-state index in [-0.39, 0.29) is 0 Å². The fourth-order valence-corrected chi connectivity index (χ4v) is 4.05. The molecule has 32 heavy (non-hydrogen) atoms.